The highest BCUT2D eigenvalue weighted by atomic mass is 32.1. The van der Waals surface area contributed by atoms with Gasteiger partial charge >= 0.3 is 6.09 Å². The van der Waals surface area contributed by atoms with E-state index in [9.17, 15) is 9.90 Å². The fraction of sp³-hybridized carbons (Fsp3) is 0.375. The van der Waals surface area contributed by atoms with Gasteiger partial charge in [0.15, 0.2) is 0 Å². The molecule has 1 unspecified atom stereocenters. The molecule has 1 aliphatic rings. The molecule has 0 radical (unpaired) electrons. The molecule has 1 aromatic carbocycles. The molecule has 3 rings (SSSR count). The predicted molar refractivity (Wildman–Crippen MR) is 87.3 cm³/mol. The molecule has 1 saturated heterocycles. The van der Waals surface area contributed by atoms with Gasteiger partial charge in [-0.2, -0.15) is 0 Å². The number of aryl methyl sites for hydroxylation is 1. The molecule has 2 heterocycles. The van der Waals surface area contributed by atoms with Gasteiger partial charge in [-0.25, -0.2) is 9.78 Å². The van der Waals surface area contributed by atoms with E-state index in [0.29, 0.717) is 24.7 Å². The summed E-state index contributed by atoms with van der Waals surface area (Å²) in [5.74, 6) is 0.681. The van der Waals surface area contributed by atoms with E-state index in [2.05, 4.69) is 4.98 Å². The van der Waals surface area contributed by atoms with E-state index in [1.54, 1.807) is 35.6 Å². The Labute approximate surface area is 138 Å². The smallest absolute Gasteiger partial charge is 0.412 e. The maximum atomic E-state index is 11.5. The molecule has 1 aliphatic heterocycles. The van der Waals surface area contributed by atoms with E-state index in [1.807, 2.05) is 19.2 Å². The van der Waals surface area contributed by atoms with Gasteiger partial charge in [-0.05, 0) is 38.1 Å². The summed E-state index contributed by atoms with van der Waals surface area (Å²) in [7, 11) is 0. The van der Waals surface area contributed by atoms with Crippen LogP contribution in [-0.4, -0.2) is 34.9 Å². The minimum absolute atomic E-state index is 0.0186. The molecule has 2 aromatic rings. The lowest BCUT2D eigenvalue weighted by Crippen LogP contribution is -2.41. The summed E-state index contributed by atoms with van der Waals surface area (Å²) in [6, 6.07) is 6.82. The Bertz CT molecular complexity index is 682. The van der Waals surface area contributed by atoms with E-state index in [-0.39, 0.29) is 12.1 Å². The van der Waals surface area contributed by atoms with Crippen molar-refractivity contribution in [3.8, 4) is 5.75 Å². The van der Waals surface area contributed by atoms with E-state index in [4.69, 9.17) is 9.47 Å². The number of rotatable bonds is 6. The number of thiazole rings is 1. The van der Waals surface area contributed by atoms with Crippen LogP contribution < -0.4 is 9.64 Å². The maximum Gasteiger partial charge on any atom is 0.412 e. The van der Waals surface area contributed by atoms with E-state index >= 15 is 0 Å². The highest BCUT2D eigenvalue weighted by molar-refractivity contribution is 7.09. The van der Waals surface area contributed by atoms with Gasteiger partial charge in [0.25, 0.3) is 0 Å². The predicted octanol–water partition coefficient (Wildman–Crippen LogP) is 3.30. The average Bonchev–Trinajstić information content (AvgIpc) is 3.29. The van der Waals surface area contributed by atoms with E-state index in [0.717, 1.165) is 10.7 Å². The van der Waals surface area contributed by atoms with Gasteiger partial charge < -0.3 is 14.6 Å². The second-order valence-corrected chi connectivity index (χ2v) is 6.47. The third-order valence-electron chi connectivity index (χ3n) is 3.68. The summed E-state index contributed by atoms with van der Waals surface area (Å²) in [5, 5.41) is 12.4. The van der Waals surface area contributed by atoms with Crippen molar-refractivity contribution in [2.75, 3.05) is 11.5 Å². The Hall–Kier alpha value is -2.12. The van der Waals surface area contributed by atoms with Crippen molar-refractivity contribution < 1.29 is 19.4 Å². The van der Waals surface area contributed by atoms with Crippen LogP contribution in [0.2, 0.25) is 0 Å². The number of anilines is 1. The van der Waals surface area contributed by atoms with Crippen LogP contribution in [0.1, 0.15) is 17.6 Å². The summed E-state index contributed by atoms with van der Waals surface area (Å²) < 4.78 is 10.9. The van der Waals surface area contributed by atoms with E-state index < -0.39 is 6.09 Å². The lowest BCUT2D eigenvalue weighted by molar-refractivity contribution is 0.197. The quantitative estimate of drug-likeness (QED) is 0.820. The van der Waals surface area contributed by atoms with Gasteiger partial charge in [0.05, 0.1) is 23.4 Å². The van der Waals surface area contributed by atoms with Crippen LogP contribution in [0.15, 0.2) is 29.6 Å². The number of ether oxygens (including phenoxy) is 2. The van der Waals surface area contributed by atoms with Crippen LogP contribution in [0, 0.1) is 6.92 Å². The number of hydrogen-bond donors (Lipinski definition) is 1. The molecule has 2 atom stereocenters. The summed E-state index contributed by atoms with van der Waals surface area (Å²) in [4.78, 5) is 17.2. The number of carboxylic acid groups (broad SMARTS) is 1. The first-order valence-corrected chi connectivity index (χ1v) is 8.20. The van der Waals surface area contributed by atoms with Gasteiger partial charge in [-0.1, -0.05) is 0 Å². The molecule has 1 amide bonds. The van der Waals surface area contributed by atoms with Crippen molar-refractivity contribution in [3.05, 3.63) is 40.3 Å². The second-order valence-electron chi connectivity index (χ2n) is 5.41. The largest absolute Gasteiger partial charge is 0.487 e. The number of hydrogen-bond acceptors (Lipinski definition) is 5. The zero-order chi connectivity index (χ0) is 16.4. The molecule has 1 aromatic heterocycles. The van der Waals surface area contributed by atoms with Crippen molar-refractivity contribution in [1.29, 1.82) is 0 Å². The van der Waals surface area contributed by atoms with Crippen molar-refractivity contribution >= 4 is 23.1 Å². The topological polar surface area (TPSA) is 75.2 Å². The van der Waals surface area contributed by atoms with Crippen molar-refractivity contribution in [3.63, 3.8) is 0 Å². The van der Waals surface area contributed by atoms with E-state index in [1.165, 1.54) is 4.90 Å². The summed E-state index contributed by atoms with van der Waals surface area (Å²) in [6.45, 7) is 4.81. The van der Waals surface area contributed by atoms with Crippen LogP contribution in [0.5, 0.6) is 5.75 Å². The number of aromatic nitrogens is 1. The molecule has 7 heteroatoms. The standard InChI is InChI=1S/C16H18N2O4S/c1-10(15-8-22-15)18(16(19)20)13-3-5-14(6-4-13)21-7-12-9-23-11(2)17-12/h3-6,9-10,15H,7-8H2,1-2H3,(H,19,20)/t10?,15-/m1/s1. The molecular weight excluding hydrogens is 316 g/mol. The normalized spacial score (nSPS) is 17.6. The highest BCUT2D eigenvalue weighted by Gasteiger charge is 2.36. The molecule has 6 nitrogen and oxygen atoms in total. The van der Waals surface area contributed by atoms with Crippen molar-refractivity contribution in [2.24, 2.45) is 0 Å². The molecule has 0 aliphatic carbocycles. The first kappa shape index (κ1) is 15.8. The van der Waals surface area contributed by atoms with Gasteiger partial charge in [0.2, 0.25) is 0 Å². The summed E-state index contributed by atoms with van der Waals surface area (Å²) in [6.07, 6.45) is -1.01. The van der Waals surface area contributed by atoms with Crippen LogP contribution in [-0.2, 0) is 11.3 Å². The number of epoxide rings is 1. The fourth-order valence-electron chi connectivity index (χ4n) is 2.35. The van der Waals surface area contributed by atoms with Crippen LogP contribution in [0.3, 0.4) is 0 Å². The summed E-state index contributed by atoms with van der Waals surface area (Å²) >= 11 is 1.59. The average molecular weight is 334 g/mol. The van der Waals surface area contributed by atoms with Gasteiger partial charge in [0, 0.05) is 11.1 Å². The van der Waals surface area contributed by atoms with Gasteiger partial charge in [-0.15, -0.1) is 11.3 Å². The first-order chi connectivity index (χ1) is 11.0. The third kappa shape index (κ3) is 3.80. The molecule has 1 N–H and O–H groups in total. The Kier molecular flexibility index (Phi) is 4.49. The molecular formula is C16H18N2O4S. The molecule has 23 heavy (non-hydrogen) atoms. The minimum atomic E-state index is -0.986. The number of benzene rings is 1. The van der Waals surface area contributed by atoms with Crippen LogP contribution in [0.25, 0.3) is 0 Å². The monoisotopic (exact) mass is 334 g/mol. The van der Waals surface area contributed by atoms with Crippen molar-refractivity contribution in [1.82, 2.24) is 4.98 Å². The molecule has 122 valence electrons. The Balaban J connectivity index is 1.66. The molecule has 0 saturated carbocycles. The zero-order valence-corrected chi connectivity index (χ0v) is 13.7. The fourth-order valence-corrected chi connectivity index (χ4v) is 2.95. The Morgan fingerprint density at radius 1 is 1.52 bits per heavy atom. The lowest BCUT2D eigenvalue weighted by atomic mass is 10.2. The van der Waals surface area contributed by atoms with Crippen LogP contribution >= 0.6 is 11.3 Å². The Morgan fingerprint density at radius 3 is 2.74 bits per heavy atom. The first-order valence-electron chi connectivity index (χ1n) is 7.32. The highest BCUT2D eigenvalue weighted by Crippen LogP contribution is 2.27. The Morgan fingerprint density at radius 2 is 2.22 bits per heavy atom. The van der Waals surface area contributed by atoms with Crippen LogP contribution in [0.4, 0.5) is 10.5 Å². The maximum absolute atomic E-state index is 11.5. The molecule has 1 fully saturated rings. The summed E-state index contributed by atoms with van der Waals surface area (Å²) in [5.41, 5.74) is 1.50. The second kappa shape index (κ2) is 6.55. The zero-order valence-electron chi connectivity index (χ0n) is 12.9. The number of nitrogens with zero attached hydrogens (tertiary/aromatic N) is 2. The number of amides is 1. The van der Waals surface area contributed by atoms with Gasteiger partial charge in [0.1, 0.15) is 18.5 Å². The molecule has 0 bridgehead atoms. The SMILES string of the molecule is Cc1nc(COc2ccc(N(C(=O)O)C(C)[C@H]3CO3)cc2)cs1. The third-order valence-corrected chi connectivity index (χ3v) is 4.50. The lowest BCUT2D eigenvalue weighted by Gasteiger charge is -2.25. The minimum Gasteiger partial charge on any atom is -0.487 e. The van der Waals surface area contributed by atoms with Gasteiger partial charge in [-0.3, -0.25) is 4.90 Å². The molecule has 0 spiro atoms. The van der Waals surface area contributed by atoms with Crippen molar-refractivity contribution in [2.45, 2.75) is 32.6 Å². The number of carbonyl (C=O) groups is 1.